The van der Waals surface area contributed by atoms with Crippen LogP contribution in [-0.2, 0) is 9.59 Å². The monoisotopic (exact) mass is 253 g/mol. The molecule has 2 saturated carbocycles. The second kappa shape index (κ2) is 4.90. The summed E-state index contributed by atoms with van der Waals surface area (Å²) in [7, 11) is 0. The molecule has 2 fully saturated rings. The Bertz CT molecular complexity index is 351. The molecule has 3 unspecified atom stereocenters. The molecule has 4 nitrogen and oxygen atoms in total. The number of fused-ring (bicyclic) bond motifs is 2. The molecule has 3 atom stereocenters. The van der Waals surface area contributed by atoms with Crippen LogP contribution in [0.5, 0.6) is 0 Å². The van der Waals surface area contributed by atoms with E-state index < -0.39 is 11.4 Å². The van der Waals surface area contributed by atoms with Gasteiger partial charge in [0.15, 0.2) is 0 Å². The first-order valence-corrected chi connectivity index (χ1v) is 6.88. The minimum absolute atomic E-state index is 0.0156. The van der Waals surface area contributed by atoms with Crippen LogP contribution in [0.15, 0.2) is 0 Å². The Balaban J connectivity index is 1.74. The number of hydrogen-bond acceptors (Lipinski definition) is 2. The van der Waals surface area contributed by atoms with E-state index in [9.17, 15) is 9.59 Å². The first-order chi connectivity index (χ1) is 8.38. The second-order valence-corrected chi connectivity index (χ2v) is 6.60. The van der Waals surface area contributed by atoms with Crippen molar-refractivity contribution in [3.05, 3.63) is 0 Å². The van der Waals surface area contributed by atoms with Gasteiger partial charge in [0, 0.05) is 13.0 Å². The Morgan fingerprint density at radius 2 is 2.00 bits per heavy atom. The summed E-state index contributed by atoms with van der Waals surface area (Å²) in [5.41, 5.74) is -0.885. The Morgan fingerprint density at radius 1 is 1.28 bits per heavy atom. The maximum atomic E-state index is 11.8. The Labute approximate surface area is 108 Å². The van der Waals surface area contributed by atoms with Gasteiger partial charge in [-0.3, -0.25) is 9.59 Å². The minimum Gasteiger partial charge on any atom is -0.481 e. The zero-order valence-corrected chi connectivity index (χ0v) is 11.2. The third kappa shape index (κ3) is 2.85. The Hall–Kier alpha value is -1.06. The highest BCUT2D eigenvalue weighted by Crippen LogP contribution is 2.49. The van der Waals surface area contributed by atoms with Crippen LogP contribution in [0, 0.1) is 23.2 Å². The molecule has 2 bridgehead atoms. The van der Waals surface area contributed by atoms with E-state index in [2.05, 4.69) is 5.32 Å². The number of carboxylic acids is 1. The molecule has 0 aromatic heterocycles. The van der Waals surface area contributed by atoms with Gasteiger partial charge in [-0.25, -0.2) is 0 Å². The van der Waals surface area contributed by atoms with Gasteiger partial charge in [0.1, 0.15) is 0 Å². The molecule has 0 aromatic carbocycles. The molecule has 102 valence electrons. The van der Waals surface area contributed by atoms with Crippen LogP contribution in [0.25, 0.3) is 0 Å². The van der Waals surface area contributed by atoms with E-state index in [4.69, 9.17) is 5.11 Å². The first-order valence-electron chi connectivity index (χ1n) is 6.88. The number of hydrogen-bond donors (Lipinski definition) is 2. The summed E-state index contributed by atoms with van der Waals surface area (Å²) in [5.74, 6) is 1.28. The van der Waals surface area contributed by atoms with Crippen molar-refractivity contribution in [2.45, 2.75) is 46.0 Å². The van der Waals surface area contributed by atoms with Gasteiger partial charge in [-0.1, -0.05) is 6.42 Å². The SMILES string of the molecule is CC(C)(CNC(=O)CC1CC2CCC1C2)C(=O)O. The zero-order valence-electron chi connectivity index (χ0n) is 11.2. The smallest absolute Gasteiger partial charge is 0.310 e. The number of amides is 1. The van der Waals surface area contributed by atoms with Crippen molar-refractivity contribution in [2.24, 2.45) is 23.2 Å². The van der Waals surface area contributed by atoms with Crippen molar-refractivity contribution in [2.75, 3.05) is 6.54 Å². The van der Waals surface area contributed by atoms with Gasteiger partial charge < -0.3 is 10.4 Å². The molecule has 0 radical (unpaired) electrons. The van der Waals surface area contributed by atoms with Crippen LogP contribution >= 0.6 is 0 Å². The third-order valence-electron chi connectivity index (χ3n) is 4.64. The van der Waals surface area contributed by atoms with Crippen LogP contribution < -0.4 is 5.32 Å². The predicted octanol–water partition coefficient (Wildman–Crippen LogP) is 2.04. The van der Waals surface area contributed by atoms with E-state index in [0.717, 1.165) is 11.8 Å². The number of aliphatic carboxylic acids is 1. The second-order valence-electron chi connectivity index (χ2n) is 6.60. The summed E-state index contributed by atoms with van der Waals surface area (Å²) in [5, 5.41) is 11.7. The van der Waals surface area contributed by atoms with Crippen molar-refractivity contribution in [3.8, 4) is 0 Å². The summed E-state index contributed by atoms with van der Waals surface area (Å²) in [6.07, 6.45) is 5.70. The van der Waals surface area contributed by atoms with E-state index in [1.165, 1.54) is 25.7 Å². The number of carbonyl (C=O) groups excluding carboxylic acids is 1. The molecular weight excluding hydrogens is 230 g/mol. The first kappa shape index (κ1) is 13.4. The van der Waals surface area contributed by atoms with E-state index in [1.54, 1.807) is 13.8 Å². The summed E-state index contributed by atoms with van der Waals surface area (Å²) in [6.45, 7) is 3.47. The van der Waals surface area contributed by atoms with Crippen LogP contribution in [0.4, 0.5) is 0 Å². The normalized spacial score (nSPS) is 30.4. The van der Waals surface area contributed by atoms with Crippen molar-refractivity contribution in [1.82, 2.24) is 5.32 Å². The van der Waals surface area contributed by atoms with Gasteiger partial charge >= 0.3 is 5.97 Å². The highest BCUT2D eigenvalue weighted by Gasteiger charge is 2.40. The average Bonchev–Trinajstić information content (AvgIpc) is 2.88. The van der Waals surface area contributed by atoms with Crippen LogP contribution in [0.2, 0.25) is 0 Å². The lowest BCUT2D eigenvalue weighted by Gasteiger charge is -2.23. The molecule has 0 spiro atoms. The van der Waals surface area contributed by atoms with E-state index in [0.29, 0.717) is 12.3 Å². The number of nitrogens with one attached hydrogen (secondary N) is 1. The van der Waals surface area contributed by atoms with Gasteiger partial charge in [-0.2, -0.15) is 0 Å². The fourth-order valence-corrected chi connectivity index (χ4v) is 3.33. The van der Waals surface area contributed by atoms with Crippen LogP contribution in [0.1, 0.15) is 46.0 Å². The molecule has 0 aromatic rings. The number of carboxylic acid groups (broad SMARTS) is 1. The standard InChI is InChI=1S/C14H23NO3/c1-14(2,13(17)18)8-15-12(16)7-11-6-9-3-4-10(11)5-9/h9-11H,3-8H2,1-2H3,(H,15,16)(H,17,18). The van der Waals surface area contributed by atoms with Crippen LogP contribution in [0.3, 0.4) is 0 Å². The zero-order chi connectivity index (χ0) is 13.3. The summed E-state index contributed by atoms with van der Waals surface area (Å²) < 4.78 is 0. The molecule has 1 amide bonds. The fourth-order valence-electron chi connectivity index (χ4n) is 3.33. The van der Waals surface area contributed by atoms with Crippen molar-refractivity contribution < 1.29 is 14.7 Å². The predicted molar refractivity (Wildman–Crippen MR) is 68.0 cm³/mol. The lowest BCUT2D eigenvalue weighted by atomic mass is 9.86. The molecule has 2 aliphatic rings. The third-order valence-corrected chi connectivity index (χ3v) is 4.64. The lowest BCUT2D eigenvalue weighted by Crippen LogP contribution is -2.39. The lowest BCUT2D eigenvalue weighted by molar-refractivity contribution is -0.146. The summed E-state index contributed by atoms with van der Waals surface area (Å²) in [6, 6.07) is 0. The van der Waals surface area contributed by atoms with Gasteiger partial charge in [0.2, 0.25) is 5.91 Å². The molecule has 0 aliphatic heterocycles. The van der Waals surface area contributed by atoms with Gasteiger partial charge in [-0.05, 0) is 50.9 Å². The quantitative estimate of drug-likeness (QED) is 0.788. The molecule has 18 heavy (non-hydrogen) atoms. The topological polar surface area (TPSA) is 66.4 Å². The van der Waals surface area contributed by atoms with Crippen LogP contribution in [-0.4, -0.2) is 23.5 Å². The fraction of sp³-hybridized carbons (Fsp3) is 0.857. The van der Waals surface area contributed by atoms with Crippen molar-refractivity contribution >= 4 is 11.9 Å². The molecule has 0 heterocycles. The highest BCUT2D eigenvalue weighted by molar-refractivity contribution is 5.78. The van der Waals surface area contributed by atoms with E-state index >= 15 is 0 Å². The average molecular weight is 253 g/mol. The summed E-state index contributed by atoms with van der Waals surface area (Å²) in [4.78, 5) is 22.8. The Kier molecular flexibility index (Phi) is 3.64. The maximum absolute atomic E-state index is 11.8. The molecular formula is C14H23NO3. The van der Waals surface area contributed by atoms with Crippen molar-refractivity contribution in [1.29, 1.82) is 0 Å². The van der Waals surface area contributed by atoms with E-state index in [-0.39, 0.29) is 12.5 Å². The molecule has 0 saturated heterocycles. The van der Waals surface area contributed by atoms with Gasteiger partial charge in [-0.15, -0.1) is 0 Å². The number of carbonyl (C=O) groups is 2. The minimum atomic E-state index is -0.885. The molecule has 2 aliphatic carbocycles. The molecule has 4 heteroatoms. The largest absolute Gasteiger partial charge is 0.481 e. The molecule has 2 N–H and O–H groups in total. The number of rotatable bonds is 5. The highest BCUT2D eigenvalue weighted by atomic mass is 16.4. The Morgan fingerprint density at radius 3 is 2.50 bits per heavy atom. The van der Waals surface area contributed by atoms with E-state index in [1.807, 2.05) is 0 Å². The van der Waals surface area contributed by atoms with Gasteiger partial charge in [0.25, 0.3) is 0 Å². The maximum Gasteiger partial charge on any atom is 0.310 e. The van der Waals surface area contributed by atoms with Gasteiger partial charge in [0.05, 0.1) is 5.41 Å². The van der Waals surface area contributed by atoms with Crippen molar-refractivity contribution in [3.63, 3.8) is 0 Å². The summed E-state index contributed by atoms with van der Waals surface area (Å²) >= 11 is 0. The molecule has 2 rings (SSSR count).